The Bertz CT molecular complexity index is 581. The first-order chi connectivity index (χ1) is 8.13. The summed E-state index contributed by atoms with van der Waals surface area (Å²) in [5.41, 5.74) is 1.30. The van der Waals surface area contributed by atoms with E-state index in [1.165, 1.54) is 0 Å². The molecule has 0 fully saturated rings. The van der Waals surface area contributed by atoms with Crippen molar-refractivity contribution >= 4 is 28.5 Å². The molecule has 0 aliphatic rings. The molecule has 0 saturated carbocycles. The van der Waals surface area contributed by atoms with Gasteiger partial charge in [-0.3, -0.25) is 4.98 Å². The molecule has 0 unspecified atom stereocenters. The molecule has 4 heteroatoms. The molecular weight excluding hydrogens is 234 g/mol. The Balaban J connectivity index is 2.72. The number of hydrogen-bond donors (Lipinski definition) is 1. The van der Waals surface area contributed by atoms with Crippen LogP contribution in [0.5, 0.6) is 0 Å². The van der Waals surface area contributed by atoms with Gasteiger partial charge < -0.3 is 5.11 Å². The standard InChI is InChI=1S/C13H13NO2S/c1-3-17-12-7-10-8(2)14-5-4-9(10)6-11(12)13(15)16/h4-7H,3H2,1-2H3,(H,15,16). The Kier molecular flexibility index (Phi) is 3.33. The van der Waals surface area contributed by atoms with Crippen molar-refractivity contribution in [3.8, 4) is 0 Å². The fraction of sp³-hybridized carbons (Fsp3) is 0.231. The third kappa shape index (κ3) is 2.26. The highest BCUT2D eigenvalue weighted by Crippen LogP contribution is 2.29. The Morgan fingerprint density at radius 3 is 2.88 bits per heavy atom. The predicted octanol–water partition coefficient (Wildman–Crippen LogP) is 3.35. The van der Waals surface area contributed by atoms with Crippen LogP contribution in [0.15, 0.2) is 29.3 Å². The molecule has 0 atom stereocenters. The zero-order chi connectivity index (χ0) is 12.4. The molecule has 1 aromatic carbocycles. The summed E-state index contributed by atoms with van der Waals surface area (Å²) in [4.78, 5) is 16.2. The van der Waals surface area contributed by atoms with Crippen molar-refractivity contribution in [3.63, 3.8) is 0 Å². The average molecular weight is 247 g/mol. The summed E-state index contributed by atoms with van der Waals surface area (Å²) in [6, 6.07) is 5.49. The molecule has 3 nitrogen and oxygen atoms in total. The van der Waals surface area contributed by atoms with Crippen molar-refractivity contribution in [2.75, 3.05) is 5.75 Å². The van der Waals surface area contributed by atoms with E-state index < -0.39 is 5.97 Å². The minimum atomic E-state index is -0.877. The van der Waals surface area contributed by atoms with Crippen LogP contribution in [-0.4, -0.2) is 21.8 Å². The van der Waals surface area contributed by atoms with Gasteiger partial charge in [0.15, 0.2) is 0 Å². The van der Waals surface area contributed by atoms with Gasteiger partial charge in [-0.2, -0.15) is 0 Å². The number of aryl methyl sites for hydroxylation is 1. The minimum absolute atomic E-state index is 0.370. The molecule has 1 heterocycles. The Labute approximate surface area is 104 Å². The van der Waals surface area contributed by atoms with Crippen molar-refractivity contribution < 1.29 is 9.90 Å². The van der Waals surface area contributed by atoms with Gasteiger partial charge in [0, 0.05) is 22.2 Å². The second-order valence-corrected chi connectivity index (χ2v) is 5.01. The molecule has 0 radical (unpaired) electrons. The lowest BCUT2D eigenvalue weighted by Crippen LogP contribution is -1.99. The quantitative estimate of drug-likeness (QED) is 0.845. The zero-order valence-electron chi connectivity index (χ0n) is 9.73. The van der Waals surface area contributed by atoms with Gasteiger partial charge in [-0.05, 0) is 36.3 Å². The molecule has 0 saturated heterocycles. The molecule has 88 valence electrons. The zero-order valence-corrected chi connectivity index (χ0v) is 10.5. The maximum absolute atomic E-state index is 11.2. The van der Waals surface area contributed by atoms with Gasteiger partial charge in [-0.15, -0.1) is 11.8 Å². The van der Waals surface area contributed by atoms with Gasteiger partial charge in [0.1, 0.15) is 0 Å². The predicted molar refractivity (Wildman–Crippen MR) is 69.8 cm³/mol. The Morgan fingerprint density at radius 1 is 1.47 bits per heavy atom. The van der Waals surface area contributed by atoms with E-state index in [0.29, 0.717) is 5.56 Å². The van der Waals surface area contributed by atoms with Crippen molar-refractivity contribution in [2.45, 2.75) is 18.7 Å². The maximum Gasteiger partial charge on any atom is 0.336 e. The number of carboxylic acids is 1. The van der Waals surface area contributed by atoms with E-state index in [1.54, 1.807) is 24.0 Å². The van der Waals surface area contributed by atoms with Crippen molar-refractivity contribution in [2.24, 2.45) is 0 Å². The van der Waals surface area contributed by atoms with Crippen LogP contribution < -0.4 is 0 Å². The Morgan fingerprint density at radius 2 is 2.24 bits per heavy atom. The largest absolute Gasteiger partial charge is 0.478 e. The minimum Gasteiger partial charge on any atom is -0.478 e. The molecule has 0 amide bonds. The summed E-state index contributed by atoms with van der Waals surface area (Å²) in [5, 5.41) is 11.1. The van der Waals surface area contributed by atoms with Crippen molar-refractivity contribution in [1.29, 1.82) is 0 Å². The summed E-state index contributed by atoms with van der Waals surface area (Å²) in [6.07, 6.45) is 1.70. The second-order valence-electron chi connectivity index (χ2n) is 3.70. The highest BCUT2D eigenvalue weighted by atomic mass is 32.2. The van der Waals surface area contributed by atoms with Crippen LogP contribution in [0.1, 0.15) is 23.0 Å². The van der Waals surface area contributed by atoms with Crippen LogP contribution in [0.25, 0.3) is 10.8 Å². The van der Waals surface area contributed by atoms with Crippen LogP contribution in [-0.2, 0) is 0 Å². The summed E-state index contributed by atoms with van der Waals surface area (Å²) in [7, 11) is 0. The van der Waals surface area contributed by atoms with Crippen LogP contribution in [0, 0.1) is 6.92 Å². The van der Waals surface area contributed by atoms with Crippen molar-refractivity contribution in [3.05, 3.63) is 35.7 Å². The number of carboxylic acid groups (broad SMARTS) is 1. The Hall–Kier alpha value is -1.55. The molecule has 2 rings (SSSR count). The van der Waals surface area contributed by atoms with Gasteiger partial charge in [0.25, 0.3) is 0 Å². The average Bonchev–Trinajstić information content (AvgIpc) is 2.29. The number of benzene rings is 1. The number of pyridine rings is 1. The first kappa shape index (κ1) is 11.9. The molecule has 0 bridgehead atoms. The highest BCUT2D eigenvalue weighted by Gasteiger charge is 2.12. The van der Waals surface area contributed by atoms with E-state index in [0.717, 1.165) is 27.1 Å². The maximum atomic E-state index is 11.2. The van der Waals surface area contributed by atoms with Gasteiger partial charge in [0.2, 0.25) is 0 Å². The molecule has 17 heavy (non-hydrogen) atoms. The number of aromatic nitrogens is 1. The lowest BCUT2D eigenvalue weighted by atomic mass is 10.1. The lowest BCUT2D eigenvalue weighted by Gasteiger charge is -2.08. The molecule has 0 aliphatic carbocycles. The normalized spacial score (nSPS) is 10.7. The first-order valence-electron chi connectivity index (χ1n) is 5.39. The fourth-order valence-corrected chi connectivity index (χ4v) is 2.60. The molecule has 0 aliphatic heterocycles. The number of carbonyl (C=O) groups is 1. The monoisotopic (exact) mass is 247 g/mol. The van der Waals surface area contributed by atoms with Crippen LogP contribution in [0.2, 0.25) is 0 Å². The van der Waals surface area contributed by atoms with Crippen molar-refractivity contribution in [1.82, 2.24) is 4.98 Å². The number of nitrogens with zero attached hydrogens (tertiary/aromatic N) is 1. The number of aromatic carboxylic acids is 1. The van der Waals surface area contributed by atoms with Crippen LogP contribution in [0.3, 0.4) is 0 Å². The van der Waals surface area contributed by atoms with E-state index in [-0.39, 0.29) is 0 Å². The number of hydrogen-bond acceptors (Lipinski definition) is 3. The molecule has 0 spiro atoms. The van der Waals surface area contributed by atoms with Gasteiger partial charge in [-0.1, -0.05) is 6.92 Å². The third-order valence-corrected chi connectivity index (χ3v) is 3.53. The molecule has 2 aromatic rings. The summed E-state index contributed by atoms with van der Waals surface area (Å²) in [5.74, 6) is -0.0252. The van der Waals surface area contributed by atoms with E-state index in [4.69, 9.17) is 0 Å². The molecular formula is C13H13NO2S. The van der Waals surface area contributed by atoms with Gasteiger partial charge >= 0.3 is 5.97 Å². The van der Waals surface area contributed by atoms with Gasteiger partial charge in [0.05, 0.1) is 5.56 Å². The van der Waals surface area contributed by atoms with E-state index >= 15 is 0 Å². The number of thioether (sulfide) groups is 1. The topological polar surface area (TPSA) is 50.2 Å². The van der Waals surface area contributed by atoms with Crippen LogP contribution >= 0.6 is 11.8 Å². The molecule has 1 N–H and O–H groups in total. The third-order valence-electron chi connectivity index (χ3n) is 2.59. The number of rotatable bonds is 3. The smallest absolute Gasteiger partial charge is 0.336 e. The first-order valence-corrected chi connectivity index (χ1v) is 6.37. The van der Waals surface area contributed by atoms with Crippen LogP contribution in [0.4, 0.5) is 0 Å². The fourth-order valence-electron chi connectivity index (χ4n) is 1.79. The van der Waals surface area contributed by atoms with Gasteiger partial charge in [-0.25, -0.2) is 4.79 Å². The second kappa shape index (κ2) is 4.75. The van der Waals surface area contributed by atoms with E-state index in [2.05, 4.69) is 4.98 Å². The molecule has 1 aromatic heterocycles. The highest BCUT2D eigenvalue weighted by molar-refractivity contribution is 7.99. The van der Waals surface area contributed by atoms with E-state index in [1.807, 2.05) is 26.0 Å². The lowest BCUT2D eigenvalue weighted by molar-refractivity contribution is 0.0693. The van der Waals surface area contributed by atoms with E-state index in [9.17, 15) is 9.90 Å². The number of fused-ring (bicyclic) bond motifs is 1. The summed E-state index contributed by atoms with van der Waals surface area (Å²) < 4.78 is 0. The summed E-state index contributed by atoms with van der Waals surface area (Å²) in [6.45, 7) is 3.94. The SMILES string of the molecule is CCSc1cc2c(C)nccc2cc1C(=O)O. The summed E-state index contributed by atoms with van der Waals surface area (Å²) >= 11 is 1.55.